The highest BCUT2D eigenvalue weighted by atomic mass is 16.5. The molecule has 0 amide bonds. The molecular formula is C17H16N2O. The summed E-state index contributed by atoms with van der Waals surface area (Å²) >= 11 is 0. The molecule has 0 radical (unpaired) electrons. The second-order valence-electron chi connectivity index (χ2n) is 4.87. The van der Waals surface area contributed by atoms with Gasteiger partial charge in [-0.2, -0.15) is 0 Å². The maximum Gasteiger partial charge on any atom is 0.142 e. The van der Waals surface area contributed by atoms with Crippen molar-refractivity contribution in [2.75, 3.05) is 25.1 Å². The van der Waals surface area contributed by atoms with Crippen LogP contribution in [0.2, 0.25) is 0 Å². The van der Waals surface area contributed by atoms with Gasteiger partial charge in [0.1, 0.15) is 18.1 Å². The summed E-state index contributed by atoms with van der Waals surface area (Å²) in [6.45, 7) is 3.61. The average Bonchev–Trinajstić information content (AvgIpc) is 2.46. The summed E-state index contributed by atoms with van der Waals surface area (Å²) < 4.78 is 5.63. The number of nitrogens with zero attached hydrogens (tertiary/aromatic N) is 2. The van der Waals surface area contributed by atoms with Gasteiger partial charge >= 0.3 is 0 Å². The molecule has 0 bridgehead atoms. The van der Waals surface area contributed by atoms with Crippen LogP contribution in [-0.2, 0) is 0 Å². The van der Waals surface area contributed by atoms with Crippen molar-refractivity contribution in [3.05, 3.63) is 53.3 Å². The maximum absolute atomic E-state index is 5.63. The number of pyridine rings is 1. The Bertz CT molecular complexity index is 698. The molecule has 20 heavy (non-hydrogen) atoms. The smallest absolute Gasteiger partial charge is 0.142 e. The van der Waals surface area contributed by atoms with Crippen molar-refractivity contribution >= 4 is 5.69 Å². The van der Waals surface area contributed by atoms with Crippen LogP contribution >= 0.6 is 0 Å². The zero-order valence-electron chi connectivity index (χ0n) is 11.7. The van der Waals surface area contributed by atoms with Crippen LogP contribution in [0.4, 0.5) is 5.69 Å². The Kier molecular flexibility index (Phi) is 3.30. The molecular weight excluding hydrogens is 248 g/mol. The van der Waals surface area contributed by atoms with E-state index in [1.54, 1.807) is 0 Å². The summed E-state index contributed by atoms with van der Waals surface area (Å²) in [5, 5.41) is 0. The third-order valence-corrected chi connectivity index (χ3v) is 3.28. The number of benzene rings is 1. The molecule has 0 N–H and O–H groups in total. The first kappa shape index (κ1) is 12.6. The SMILES string of the molecule is Cc1cccc(C#Cc2ccc3c(c2)N(C)CCO3)n1. The number of hydrogen-bond donors (Lipinski definition) is 0. The van der Waals surface area contributed by atoms with Crippen LogP contribution in [-0.4, -0.2) is 25.2 Å². The van der Waals surface area contributed by atoms with E-state index in [9.17, 15) is 0 Å². The molecule has 100 valence electrons. The number of aryl methyl sites for hydroxylation is 1. The van der Waals surface area contributed by atoms with Crippen LogP contribution in [0, 0.1) is 18.8 Å². The minimum Gasteiger partial charge on any atom is -0.490 e. The summed E-state index contributed by atoms with van der Waals surface area (Å²) in [5.74, 6) is 7.20. The second kappa shape index (κ2) is 5.26. The molecule has 0 unspecified atom stereocenters. The number of aromatic nitrogens is 1. The van der Waals surface area contributed by atoms with Gasteiger partial charge in [0.15, 0.2) is 0 Å². The predicted octanol–water partition coefficient (Wildman–Crippen LogP) is 2.62. The first-order valence-electron chi connectivity index (χ1n) is 6.66. The fourth-order valence-electron chi connectivity index (χ4n) is 2.18. The molecule has 3 nitrogen and oxygen atoms in total. The third-order valence-electron chi connectivity index (χ3n) is 3.28. The van der Waals surface area contributed by atoms with Gasteiger partial charge in [-0.05, 0) is 43.2 Å². The van der Waals surface area contributed by atoms with Crippen molar-refractivity contribution in [3.63, 3.8) is 0 Å². The third kappa shape index (κ3) is 2.60. The van der Waals surface area contributed by atoms with Gasteiger partial charge < -0.3 is 9.64 Å². The van der Waals surface area contributed by atoms with E-state index in [4.69, 9.17) is 4.74 Å². The minimum absolute atomic E-state index is 0.738. The van der Waals surface area contributed by atoms with Crippen LogP contribution in [0.1, 0.15) is 17.0 Å². The largest absolute Gasteiger partial charge is 0.490 e. The zero-order chi connectivity index (χ0) is 13.9. The quantitative estimate of drug-likeness (QED) is 0.684. The van der Waals surface area contributed by atoms with Gasteiger partial charge in [-0.1, -0.05) is 12.0 Å². The van der Waals surface area contributed by atoms with Gasteiger partial charge in [0.2, 0.25) is 0 Å². The highest BCUT2D eigenvalue weighted by Crippen LogP contribution is 2.31. The lowest BCUT2D eigenvalue weighted by Crippen LogP contribution is -2.28. The summed E-state index contributed by atoms with van der Waals surface area (Å²) in [6.07, 6.45) is 0. The molecule has 0 fully saturated rings. The lowest BCUT2D eigenvalue weighted by Gasteiger charge is -2.27. The molecule has 0 saturated heterocycles. The Morgan fingerprint density at radius 2 is 2.10 bits per heavy atom. The van der Waals surface area contributed by atoms with Gasteiger partial charge in [0.05, 0.1) is 12.2 Å². The Hall–Kier alpha value is -2.47. The van der Waals surface area contributed by atoms with Gasteiger partial charge in [0.25, 0.3) is 0 Å². The standard InChI is InChI=1S/C17H16N2O/c1-13-4-3-5-15(18-13)8-6-14-7-9-17-16(12-14)19(2)10-11-20-17/h3-5,7,9,12H,10-11H2,1-2H3. The molecule has 0 saturated carbocycles. The molecule has 2 heterocycles. The normalized spacial score (nSPS) is 13.0. The number of rotatable bonds is 0. The Morgan fingerprint density at radius 1 is 1.20 bits per heavy atom. The lowest BCUT2D eigenvalue weighted by atomic mass is 10.1. The summed E-state index contributed by atoms with van der Waals surface area (Å²) in [7, 11) is 2.07. The van der Waals surface area contributed by atoms with Crippen LogP contribution in [0.5, 0.6) is 5.75 Å². The lowest BCUT2D eigenvalue weighted by molar-refractivity contribution is 0.311. The van der Waals surface area contributed by atoms with E-state index in [0.717, 1.165) is 41.5 Å². The average molecular weight is 264 g/mol. The molecule has 1 aromatic carbocycles. The molecule has 0 atom stereocenters. The second-order valence-corrected chi connectivity index (χ2v) is 4.87. The number of ether oxygens (including phenoxy) is 1. The molecule has 2 aromatic rings. The number of fused-ring (bicyclic) bond motifs is 1. The number of likely N-dealkylation sites (N-methyl/N-ethyl adjacent to an activating group) is 1. The van der Waals surface area contributed by atoms with Gasteiger partial charge in [-0.15, -0.1) is 0 Å². The first-order valence-corrected chi connectivity index (χ1v) is 6.66. The van der Waals surface area contributed by atoms with E-state index in [2.05, 4.69) is 34.8 Å². The Labute approximate surface area is 119 Å². The van der Waals surface area contributed by atoms with Crippen LogP contribution in [0.15, 0.2) is 36.4 Å². The summed E-state index contributed by atoms with van der Waals surface area (Å²) in [5.41, 5.74) is 3.85. The summed E-state index contributed by atoms with van der Waals surface area (Å²) in [6, 6.07) is 11.9. The number of hydrogen-bond acceptors (Lipinski definition) is 3. The summed E-state index contributed by atoms with van der Waals surface area (Å²) in [4.78, 5) is 6.57. The maximum atomic E-state index is 5.63. The number of anilines is 1. The molecule has 3 heteroatoms. The van der Waals surface area contributed by atoms with Crippen molar-refractivity contribution in [1.82, 2.24) is 4.98 Å². The molecule has 0 spiro atoms. The van der Waals surface area contributed by atoms with Crippen LogP contribution < -0.4 is 9.64 Å². The first-order chi connectivity index (χ1) is 9.72. The van der Waals surface area contributed by atoms with E-state index in [0.29, 0.717) is 0 Å². The van der Waals surface area contributed by atoms with Crippen molar-refractivity contribution in [2.24, 2.45) is 0 Å². The van der Waals surface area contributed by atoms with E-state index in [1.807, 2.05) is 37.3 Å². The highest BCUT2D eigenvalue weighted by Gasteiger charge is 2.14. The predicted molar refractivity (Wildman–Crippen MR) is 80.2 cm³/mol. The van der Waals surface area contributed by atoms with Gasteiger partial charge in [-0.25, -0.2) is 4.98 Å². The molecule has 1 aliphatic heterocycles. The molecule has 3 rings (SSSR count). The Balaban J connectivity index is 1.91. The van der Waals surface area contributed by atoms with E-state index in [1.165, 1.54) is 0 Å². The fourth-order valence-corrected chi connectivity index (χ4v) is 2.18. The molecule has 0 aliphatic carbocycles. The van der Waals surface area contributed by atoms with Gasteiger partial charge in [-0.3, -0.25) is 0 Å². The molecule has 1 aliphatic rings. The van der Waals surface area contributed by atoms with Crippen molar-refractivity contribution in [1.29, 1.82) is 0 Å². The van der Waals surface area contributed by atoms with Crippen LogP contribution in [0.3, 0.4) is 0 Å². The molecule has 1 aromatic heterocycles. The van der Waals surface area contributed by atoms with E-state index in [-0.39, 0.29) is 0 Å². The van der Waals surface area contributed by atoms with Crippen molar-refractivity contribution in [3.8, 4) is 17.6 Å². The highest BCUT2D eigenvalue weighted by molar-refractivity contribution is 5.63. The topological polar surface area (TPSA) is 25.4 Å². The Morgan fingerprint density at radius 3 is 2.95 bits per heavy atom. The fraction of sp³-hybridized carbons (Fsp3) is 0.235. The van der Waals surface area contributed by atoms with Gasteiger partial charge in [0, 0.05) is 18.3 Å². The van der Waals surface area contributed by atoms with E-state index >= 15 is 0 Å². The van der Waals surface area contributed by atoms with Crippen molar-refractivity contribution < 1.29 is 4.74 Å². The van der Waals surface area contributed by atoms with Crippen LogP contribution in [0.25, 0.3) is 0 Å². The van der Waals surface area contributed by atoms with E-state index < -0.39 is 0 Å². The van der Waals surface area contributed by atoms with Crippen molar-refractivity contribution in [2.45, 2.75) is 6.92 Å². The zero-order valence-corrected chi connectivity index (χ0v) is 11.7. The minimum atomic E-state index is 0.738. The monoisotopic (exact) mass is 264 g/mol.